The molecular weight excluding hydrogens is 378 g/mol. The smallest absolute Gasteiger partial charge is 0.392 e. The van der Waals surface area contributed by atoms with Crippen LogP contribution in [0.1, 0.15) is 12.0 Å². The van der Waals surface area contributed by atoms with Crippen LogP contribution in [0.25, 0.3) is 11.3 Å². The first-order chi connectivity index (χ1) is 13.2. The van der Waals surface area contributed by atoms with E-state index >= 15 is 0 Å². The van der Waals surface area contributed by atoms with Gasteiger partial charge in [0.15, 0.2) is 17.4 Å². The summed E-state index contributed by atoms with van der Waals surface area (Å²) in [5.41, 5.74) is 1.63. The monoisotopic (exact) mass is 395 g/mol. The summed E-state index contributed by atoms with van der Waals surface area (Å²) < 4.78 is 57.3. The first-order valence-corrected chi connectivity index (χ1v) is 8.31. The van der Waals surface area contributed by atoms with Crippen molar-refractivity contribution in [2.24, 2.45) is 7.05 Å². The predicted octanol–water partition coefficient (Wildman–Crippen LogP) is 4.40. The first kappa shape index (κ1) is 19.6. The van der Waals surface area contributed by atoms with Crippen molar-refractivity contribution in [3.63, 3.8) is 0 Å². The van der Waals surface area contributed by atoms with Crippen LogP contribution in [-0.2, 0) is 7.05 Å². The Bertz CT molecular complexity index is 971. The summed E-state index contributed by atoms with van der Waals surface area (Å²) in [6, 6.07) is 5.73. The highest BCUT2D eigenvalue weighted by atomic mass is 19.4. The van der Waals surface area contributed by atoms with Gasteiger partial charge >= 0.3 is 6.18 Å². The second-order valence-corrected chi connectivity index (χ2v) is 6.08. The number of halogens is 4. The van der Waals surface area contributed by atoms with Crippen LogP contribution in [0.15, 0.2) is 36.7 Å². The fourth-order valence-corrected chi connectivity index (χ4v) is 2.43. The van der Waals surface area contributed by atoms with E-state index in [1.807, 2.05) is 0 Å². The molecule has 0 radical (unpaired) electrons. The number of aryl methyl sites for hydroxylation is 2. The molecule has 10 heteroatoms. The summed E-state index contributed by atoms with van der Waals surface area (Å²) in [5.74, 6) is -0.175. The number of nitrogens with one attached hydrogen (secondary N) is 1. The summed E-state index contributed by atoms with van der Waals surface area (Å²) in [6.45, 7) is 1.12. The zero-order chi connectivity index (χ0) is 20.3. The second-order valence-electron chi connectivity index (χ2n) is 6.08. The summed E-state index contributed by atoms with van der Waals surface area (Å²) >= 11 is 0. The summed E-state index contributed by atoms with van der Waals surface area (Å²) in [6.07, 6.45) is -2.17. The lowest BCUT2D eigenvalue weighted by molar-refractivity contribution is -0.139. The molecule has 0 spiro atoms. The molecular formula is C18H17F4N5O. The van der Waals surface area contributed by atoms with Crippen LogP contribution in [0.5, 0.6) is 5.75 Å². The third-order valence-corrected chi connectivity index (χ3v) is 3.77. The quantitative estimate of drug-likeness (QED) is 0.627. The van der Waals surface area contributed by atoms with Crippen LogP contribution in [0.2, 0.25) is 0 Å². The zero-order valence-electron chi connectivity index (χ0n) is 15.1. The number of benzene rings is 1. The topological polar surface area (TPSA) is 64.9 Å². The standard InChI is InChI=1S/C18H17F4N5O/c1-11-10-23-17(24-15-5-7-27(2)26-15)25-16(11)12-3-4-14(13(19)9-12)28-8-6-18(20,21)22/h3-5,7,9-10H,6,8H2,1-2H3,(H,23,24,25,26). The molecule has 0 saturated heterocycles. The summed E-state index contributed by atoms with van der Waals surface area (Å²) in [7, 11) is 1.77. The molecule has 0 unspecified atom stereocenters. The number of rotatable bonds is 6. The predicted molar refractivity (Wildman–Crippen MR) is 94.8 cm³/mol. The highest BCUT2D eigenvalue weighted by molar-refractivity contribution is 5.65. The van der Waals surface area contributed by atoms with Gasteiger partial charge < -0.3 is 10.1 Å². The third-order valence-electron chi connectivity index (χ3n) is 3.77. The second kappa shape index (κ2) is 7.83. The third kappa shape index (κ3) is 4.96. The Morgan fingerprint density at radius 3 is 2.64 bits per heavy atom. The van der Waals surface area contributed by atoms with Crippen LogP contribution in [-0.4, -0.2) is 32.5 Å². The average molecular weight is 395 g/mol. The normalized spacial score (nSPS) is 11.5. The van der Waals surface area contributed by atoms with Gasteiger partial charge in [0.1, 0.15) is 0 Å². The molecule has 0 fully saturated rings. The Morgan fingerprint density at radius 2 is 2.00 bits per heavy atom. The van der Waals surface area contributed by atoms with Crippen LogP contribution < -0.4 is 10.1 Å². The Balaban J connectivity index is 1.78. The average Bonchev–Trinajstić information content (AvgIpc) is 3.02. The highest BCUT2D eigenvalue weighted by Gasteiger charge is 2.27. The summed E-state index contributed by atoms with van der Waals surface area (Å²) in [5, 5.41) is 7.12. The fraction of sp³-hybridized carbons (Fsp3) is 0.278. The van der Waals surface area contributed by atoms with E-state index < -0.39 is 25.0 Å². The van der Waals surface area contributed by atoms with Crippen molar-refractivity contribution in [2.75, 3.05) is 11.9 Å². The van der Waals surface area contributed by atoms with E-state index in [4.69, 9.17) is 4.74 Å². The molecule has 1 N–H and O–H groups in total. The van der Waals surface area contributed by atoms with Crippen molar-refractivity contribution >= 4 is 11.8 Å². The van der Waals surface area contributed by atoms with Gasteiger partial charge in [0.25, 0.3) is 0 Å². The van der Waals surface area contributed by atoms with Gasteiger partial charge in [-0.1, -0.05) is 0 Å². The molecule has 3 rings (SSSR count). The van der Waals surface area contributed by atoms with Crippen molar-refractivity contribution in [1.82, 2.24) is 19.7 Å². The van der Waals surface area contributed by atoms with Gasteiger partial charge in [-0.15, -0.1) is 0 Å². The molecule has 3 aromatic rings. The lowest BCUT2D eigenvalue weighted by Gasteiger charge is -2.11. The van der Waals surface area contributed by atoms with E-state index in [1.54, 1.807) is 37.1 Å². The Kier molecular flexibility index (Phi) is 5.48. The van der Waals surface area contributed by atoms with Gasteiger partial charge in [0.2, 0.25) is 5.95 Å². The molecule has 0 aliphatic carbocycles. The van der Waals surface area contributed by atoms with Crippen LogP contribution >= 0.6 is 0 Å². The van der Waals surface area contributed by atoms with Gasteiger partial charge in [-0.05, 0) is 30.7 Å². The maximum Gasteiger partial charge on any atom is 0.392 e. The minimum absolute atomic E-state index is 0.244. The Labute approximate surface area is 158 Å². The minimum Gasteiger partial charge on any atom is -0.490 e. The lowest BCUT2D eigenvalue weighted by atomic mass is 10.1. The molecule has 1 aromatic carbocycles. The van der Waals surface area contributed by atoms with Crippen LogP contribution in [0.4, 0.5) is 29.3 Å². The molecule has 2 heterocycles. The molecule has 28 heavy (non-hydrogen) atoms. The van der Waals surface area contributed by atoms with Gasteiger partial charge in [-0.2, -0.15) is 18.3 Å². The van der Waals surface area contributed by atoms with Gasteiger partial charge in [0, 0.05) is 31.1 Å². The molecule has 0 atom stereocenters. The molecule has 0 amide bonds. The van der Waals surface area contributed by atoms with Crippen molar-refractivity contribution in [3.05, 3.63) is 48.0 Å². The zero-order valence-corrected chi connectivity index (χ0v) is 15.1. The van der Waals surface area contributed by atoms with E-state index in [0.29, 0.717) is 22.6 Å². The van der Waals surface area contributed by atoms with Crippen molar-refractivity contribution < 1.29 is 22.3 Å². The highest BCUT2D eigenvalue weighted by Crippen LogP contribution is 2.28. The van der Waals surface area contributed by atoms with E-state index in [0.717, 1.165) is 0 Å². The number of hydrogen-bond donors (Lipinski definition) is 1. The SMILES string of the molecule is Cc1cnc(Nc2ccn(C)n2)nc1-c1ccc(OCCC(F)(F)F)c(F)c1. The summed E-state index contributed by atoms with van der Waals surface area (Å²) in [4.78, 5) is 8.56. The molecule has 0 aliphatic heterocycles. The van der Waals surface area contributed by atoms with Crippen molar-refractivity contribution in [1.29, 1.82) is 0 Å². The number of alkyl halides is 3. The number of aromatic nitrogens is 4. The van der Waals surface area contributed by atoms with E-state index in [2.05, 4.69) is 20.4 Å². The number of nitrogens with zero attached hydrogens (tertiary/aromatic N) is 4. The van der Waals surface area contributed by atoms with Crippen LogP contribution in [0, 0.1) is 12.7 Å². The molecule has 0 aliphatic rings. The molecule has 2 aromatic heterocycles. The molecule has 0 saturated carbocycles. The van der Waals surface area contributed by atoms with Gasteiger partial charge in [0.05, 0.1) is 18.7 Å². The van der Waals surface area contributed by atoms with Gasteiger partial charge in [-0.25, -0.2) is 14.4 Å². The minimum atomic E-state index is -4.36. The van der Waals surface area contributed by atoms with E-state index in [9.17, 15) is 17.6 Å². The maximum absolute atomic E-state index is 14.3. The number of ether oxygens (including phenoxy) is 1. The van der Waals surface area contributed by atoms with Crippen LogP contribution in [0.3, 0.4) is 0 Å². The van der Waals surface area contributed by atoms with E-state index in [-0.39, 0.29) is 11.7 Å². The Hall–Kier alpha value is -3.17. The maximum atomic E-state index is 14.3. The number of anilines is 2. The van der Waals surface area contributed by atoms with Crippen molar-refractivity contribution in [2.45, 2.75) is 19.5 Å². The first-order valence-electron chi connectivity index (χ1n) is 8.31. The molecule has 148 valence electrons. The van der Waals surface area contributed by atoms with E-state index in [1.165, 1.54) is 18.2 Å². The molecule has 6 nitrogen and oxygen atoms in total. The lowest BCUT2D eigenvalue weighted by Crippen LogP contribution is -2.13. The Morgan fingerprint density at radius 1 is 1.21 bits per heavy atom. The number of hydrogen-bond acceptors (Lipinski definition) is 5. The van der Waals surface area contributed by atoms with Gasteiger partial charge in [-0.3, -0.25) is 4.68 Å². The van der Waals surface area contributed by atoms with Crippen molar-refractivity contribution in [3.8, 4) is 17.0 Å². The largest absolute Gasteiger partial charge is 0.490 e. The fourth-order valence-electron chi connectivity index (χ4n) is 2.43. The molecule has 0 bridgehead atoms.